The molecule has 134 valence electrons. The molecule has 1 aromatic carbocycles. The Morgan fingerprint density at radius 1 is 0.870 bits per heavy atom. The summed E-state index contributed by atoms with van der Waals surface area (Å²) in [6, 6.07) is 7.47. The number of benzene rings is 1. The first-order valence-corrected chi connectivity index (χ1v) is 12.2. The molecule has 0 aliphatic rings. The van der Waals surface area contributed by atoms with Crippen LogP contribution in [0.3, 0.4) is 0 Å². The summed E-state index contributed by atoms with van der Waals surface area (Å²) < 4.78 is 6.24. The predicted octanol–water partition coefficient (Wildman–Crippen LogP) is 5.09. The third-order valence-corrected chi connectivity index (χ3v) is 12.5. The fraction of sp³-hybridized carbons (Fsp3) is 0.667. The van der Waals surface area contributed by atoms with Crippen molar-refractivity contribution in [3.8, 4) is 5.75 Å². The van der Waals surface area contributed by atoms with Gasteiger partial charge in [-0.1, -0.05) is 0 Å². The van der Waals surface area contributed by atoms with E-state index < -0.39 is 15.2 Å². The van der Waals surface area contributed by atoms with Gasteiger partial charge in [-0.15, -0.1) is 0 Å². The van der Waals surface area contributed by atoms with Crippen molar-refractivity contribution >= 4 is 20.5 Å². The summed E-state index contributed by atoms with van der Waals surface area (Å²) in [5.74, 6) is 0.745. The van der Waals surface area contributed by atoms with Crippen molar-refractivity contribution in [2.75, 3.05) is 0 Å². The molecule has 0 saturated heterocycles. The zero-order chi connectivity index (χ0) is 18.0. The first-order valence-electron chi connectivity index (χ1n) is 8.48. The second-order valence-corrected chi connectivity index (χ2v) is 15.3. The molecule has 5 heteroatoms. The van der Waals surface area contributed by atoms with Crippen LogP contribution in [0.25, 0.3) is 0 Å². The zero-order valence-electron chi connectivity index (χ0n) is 15.8. The minimum atomic E-state index is -3.98. The quantitative estimate of drug-likeness (QED) is 0.666. The van der Waals surface area contributed by atoms with Crippen LogP contribution in [0.5, 0.6) is 5.75 Å². The summed E-state index contributed by atoms with van der Waals surface area (Å²) in [4.78, 5) is 22.6. The summed E-state index contributed by atoms with van der Waals surface area (Å²) in [5, 5.41) is 0.626. The molecule has 2 N–H and O–H groups in total. The average Bonchev–Trinajstić information content (AvgIpc) is 2.44. The summed E-state index contributed by atoms with van der Waals surface area (Å²) >= 11 is 0. The normalized spacial score (nSPS) is 14.8. The first kappa shape index (κ1) is 20.8. The predicted molar refractivity (Wildman–Crippen MR) is 106 cm³/mol. The fourth-order valence-electron chi connectivity index (χ4n) is 2.95. The maximum absolute atomic E-state index is 11.3. The van der Waals surface area contributed by atoms with E-state index in [0.29, 0.717) is 16.6 Å². The van der Waals surface area contributed by atoms with Crippen LogP contribution in [-0.2, 0) is 0 Å². The van der Waals surface area contributed by atoms with E-state index in [1.165, 1.54) is 0 Å². The van der Waals surface area contributed by atoms with Crippen molar-refractivity contribution in [1.29, 1.82) is 0 Å². The van der Waals surface area contributed by atoms with Crippen molar-refractivity contribution in [2.24, 2.45) is 0 Å². The van der Waals surface area contributed by atoms with Crippen LogP contribution in [0.2, 0.25) is 0 Å². The van der Waals surface area contributed by atoms with Crippen LogP contribution in [0.4, 0.5) is 0 Å². The van der Waals surface area contributed by atoms with Gasteiger partial charge in [-0.2, -0.15) is 0 Å². The third-order valence-electron chi connectivity index (χ3n) is 4.61. The van der Waals surface area contributed by atoms with E-state index in [1.807, 2.05) is 52.0 Å². The zero-order valence-corrected chi connectivity index (χ0v) is 17.6. The van der Waals surface area contributed by atoms with Crippen LogP contribution in [0.1, 0.15) is 55.4 Å². The van der Waals surface area contributed by atoms with E-state index in [4.69, 9.17) is 4.52 Å². The van der Waals surface area contributed by atoms with Gasteiger partial charge >= 0.3 is 143 Å². The molecular weight excluding hydrogens is 326 g/mol. The molecule has 0 aromatic heterocycles. The van der Waals surface area contributed by atoms with Gasteiger partial charge in [0.15, 0.2) is 0 Å². The van der Waals surface area contributed by atoms with Crippen LogP contribution in [0.15, 0.2) is 24.3 Å². The molecule has 0 amide bonds. The maximum atomic E-state index is 11.3. The van der Waals surface area contributed by atoms with E-state index >= 15 is 0 Å². The minimum absolute atomic E-state index is 0.215. The molecule has 0 radical (unpaired) electrons. The molecule has 23 heavy (non-hydrogen) atoms. The molecule has 0 aliphatic carbocycles. The number of hydrogen-bond donors (Lipinski definition) is 2. The van der Waals surface area contributed by atoms with Gasteiger partial charge in [-0.25, -0.2) is 0 Å². The summed E-state index contributed by atoms with van der Waals surface area (Å²) in [6.45, 7) is 16.3. The monoisotopic (exact) mass is 360 g/mol. The molecule has 1 aromatic rings. The van der Waals surface area contributed by atoms with Crippen molar-refractivity contribution < 1.29 is 14.3 Å². The van der Waals surface area contributed by atoms with Crippen molar-refractivity contribution in [2.45, 2.75) is 78.0 Å². The number of rotatable bonds is 7. The second kappa shape index (κ2) is 7.36. The molecule has 0 atom stereocenters. The van der Waals surface area contributed by atoms with E-state index in [0.717, 1.165) is 5.75 Å². The molecule has 0 heterocycles. The molecule has 0 aliphatic heterocycles. The number of hydrogen-bond acceptors (Lipinski definition) is 3. The standard InChI is InChI=1S/C18H34O3P2/c1-13(2)22(14(3)4)21-17-10-9-11-18(12-17)23(19,20,15(5)6)16(7)8/h9-16,19-20H,1-8H3. The topological polar surface area (TPSA) is 49.7 Å². The van der Waals surface area contributed by atoms with Gasteiger partial charge in [0.1, 0.15) is 0 Å². The summed E-state index contributed by atoms with van der Waals surface area (Å²) in [6.07, 6.45) is 0. The fourth-order valence-corrected chi connectivity index (χ4v) is 8.09. The van der Waals surface area contributed by atoms with Crippen LogP contribution < -0.4 is 9.83 Å². The molecule has 1 rings (SSSR count). The summed E-state index contributed by atoms with van der Waals surface area (Å²) in [5.41, 5.74) is 0.491. The second-order valence-electron chi connectivity index (χ2n) is 7.48. The Balaban J connectivity index is 3.28. The van der Waals surface area contributed by atoms with Gasteiger partial charge in [-0.3, -0.25) is 0 Å². The van der Waals surface area contributed by atoms with Crippen molar-refractivity contribution in [3.05, 3.63) is 24.3 Å². The molecule has 0 unspecified atom stereocenters. The third kappa shape index (κ3) is 4.07. The molecule has 0 bridgehead atoms. The van der Waals surface area contributed by atoms with Gasteiger partial charge in [0.25, 0.3) is 0 Å². The van der Waals surface area contributed by atoms with E-state index in [2.05, 4.69) is 27.7 Å². The van der Waals surface area contributed by atoms with E-state index in [9.17, 15) is 9.79 Å². The van der Waals surface area contributed by atoms with E-state index in [1.54, 1.807) is 0 Å². The van der Waals surface area contributed by atoms with Gasteiger partial charge in [0, 0.05) is 0 Å². The van der Waals surface area contributed by atoms with E-state index in [-0.39, 0.29) is 11.3 Å². The van der Waals surface area contributed by atoms with Crippen LogP contribution >= 0.6 is 15.2 Å². The molecule has 0 fully saturated rings. The van der Waals surface area contributed by atoms with Gasteiger partial charge in [0.2, 0.25) is 0 Å². The Kier molecular flexibility index (Phi) is 6.67. The average molecular weight is 360 g/mol. The van der Waals surface area contributed by atoms with Gasteiger partial charge in [0.05, 0.1) is 0 Å². The Bertz CT molecular complexity index is 505. The Hall–Kier alpha value is -0.200. The van der Waals surface area contributed by atoms with Gasteiger partial charge < -0.3 is 0 Å². The van der Waals surface area contributed by atoms with Crippen LogP contribution in [0, 0.1) is 0 Å². The molecule has 3 nitrogen and oxygen atoms in total. The van der Waals surface area contributed by atoms with Crippen LogP contribution in [-0.4, -0.2) is 32.4 Å². The van der Waals surface area contributed by atoms with Crippen molar-refractivity contribution in [1.82, 2.24) is 0 Å². The Labute approximate surface area is 143 Å². The Morgan fingerprint density at radius 3 is 1.74 bits per heavy atom. The van der Waals surface area contributed by atoms with Gasteiger partial charge in [-0.05, 0) is 0 Å². The first-order chi connectivity index (χ1) is 10.4. The molecule has 0 spiro atoms. The van der Waals surface area contributed by atoms with Crippen molar-refractivity contribution in [3.63, 3.8) is 0 Å². The molecule has 0 saturated carbocycles. The summed E-state index contributed by atoms with van der Waals surface area (Å²) in [7, 11) is -4.58. The molecular formula is C18H34O3P2. The SMILES string of the molecule is CC(C)P(Oc1cccc(P(O)(O)(C(C)C)C(C)C)c1)C(C)C. The Morgan fingerprint density at radius 2 is 1.35 bits per heavy atom.